The van der Waals surface area contributed by atoms with Crippen LogP contribution in [0.5, 0.6) is 0 Å². The molecule has 4 nitrogen and oxygen atoms in total. The molecule has 0 amide bonds. The lowest BCUT2D eigenvalue weighted by Gasteiger charge is -1.99. The van der Waals surface area contributed by atoms with E-state index in [0.717, 1.165) is 17.4 Å². The molecule has 18 heavy (non-hydrogen) atoms. The number of halogens is 2. The van der Waals surface area contributed by atoms with Crippen LogP contribution in [0, 0.1) is 5.82 Å². The molecule has 0 bridgehead atoms. The number of aromatic nitrogens is 2. The van der Waals surface area contributed by atoms with Gasteiger partial charge in [-0.25, -0.2) is 4.39 Å². The molecule has 0 atom stereocenters. The third-order valence-electron chi connectivity index (χ3n) is 2.33. The van der Waals surface area contributed by atoms with Crippen LogP contribution in [0.2, 0.25) is 0 Å². The van der Waals surface area contributed by atoms with Crippen molar-refractivity contribution in [3.8, 4) is 11.5 Å². The van der Waals surface area contributed by atoms with Gasteiger partial charge in [-0.3, -0.25) is 0 Å². The van der Waals surface area contributed by atoms with Crippen molar-refractivity contribution in [3.05, 3.63) is 34.4 Å². The Kier molecular flexibility index (Phi) is 4.43. The van der Waals surface area contributed by atoms with Crippen LogP contribution in [0.25, 0.3) is 11.5 Å². The maximum atomic E-state index is 13.6. The average molecular weight is 314 g/mol. The first-order valence-electron chi connectivity index (χ1n) is 5.69. The van der Waals surface area contributed by atoms with Crippen LogP contribution >= 0.6 is 15.9 Å². The summed E-state index contributed by atoms with van der Waals surface area (Å²) in [5.74, 6) is 0.273. The molecule has 1 aromatic heterocycles. The second-order valence-corrected chi connectivity index (χ2v) is 4.72. The summed E-state index contributed by atoms with van der Waals surface area (Å²) in [6.07, 6.45) is 1.03. The molecule has 0 saturated heterocycles. The van der Waals surface area contributed by atoms with Crippen LogP contribution in [0.3, 0.4) is 0 Å². The molecule has 0 unspecified atom stereocenters. The number of nitrogens with zero attached hydrogens (tertiary/aromatic N) is 2. The van der Waals surface area contributed by atoms with Gasteiger partial charge in [0.05, 0.1) is 12.1 Å². The Morgan fingerprint density at radius 1 is 1.39 bits per heavy atom. The molecule has 2 rings (SSSR count). The molecule has 0 fully saturated rings. The van der Waals surface area contributed by atoms with E-state index in [0.29, 0.717) is 18.0 Å². The molecule has 0 spiro atoms. The highest BCUT2D eigenvalue weighted by atomic mass is 79.9. The molecule has 0 radical (unpaired) electrons. The number of hydrogen-bond donors (Lipinski definition) is 1. The Morgan fingerprint density at radius 3 is 3.00 bits per heavy atom. The Morgan fingerprint density at radius 2 is 2.22 bits per heavy atom. The molecule has 6 heteroatoms. The van der Waals surface area contributed by atoms with Crippen LogP contribution in [0.1, 0.15) is 19.2 Å². The second-order valence-electron chi connectivity index (χ2n) is 3.80. The topological polar surface area (TPSA) is 51.0 Å². The SMILES string of the molecule is CCCNCc1nnc(-c2cc(Br)ccc2F)o1. The number of nitrogens with one attached hydrogen (secondary N) is 1. The molecule has 1 heterocycles. The summed E-state index contributed by atoms with van der Waals surface area (Å²) in [6, 6.07) is 4.60. The van der Waals surface area contributed by atoms with E-state index >= 15 is 0 Å². The maximum absolute atomic E-state index is 13.6. The van der Waals surface area contributed by atoms with E-state index in [9.17, 15) is 4.39 Å². The zero-order valence-electron chi connectivity index (χ0n) is 9.91. The number of rotatable bonds is 5. The summed E-state index contributed by atoms with van der Waals surface area (Å²) in [4.78, 5) is 0. The van der Waals surface area contributed by atoms with Crippen molar-refractivity contribution in [3.63, 3.8) is 0 Å². The van der Waals surface area contributed by atoms with Crippen LogP contribution in [0.15, 0.2) is 27.1 Å². The predicted octanol–water partition coefficient (Wildman–Crippen LogP) is 3.14. The van der Waals surface area contributed by atoms with E-state index in [4.69, 9.17) is 4.42 Å². The minimum Gasteiger partial charge on any atom is -0.419 e. The van der Waals surface area contributed by atoms with Crippen molar-refractivity contribution in [1.29, 1.82) is 0 Å². The maximum Gasteiger partial charge on any atom is 0.250 e. The van der Waals surface area contributed by atoms with Gasteiger partial charge in [0, 0.05) is 4.47 Å². The van der Waals surface area contributed by atoms with Gasteiger partial charge in [-0.1, -0.05) is 22.9 Å². The highest BCUT2D eigenvalue weighted by Crippen LogP contribution is 2.25. The molecule has 0 aliphatic rings. The van der Waals surface area contributed by atoms with Gasteiger partial charge in [0.15, 0.2) is 0 Å². The van der Waals surface area contributed by atoms with E-state index < -0.39 is 0 Å². The predicted molar refractivity (Wildman–Crippen MR) is 69.4 cm³/mol. The first-order valence-corrected chi connectivity index (χ1v) is 6.48. The number of benzene rings is 1. The van der Waals surface area contributed by atoms with Crippen molar-refractivity contribution in [2.45, 2.75) is 19.9 Å². The Labute approximate surface area is 113 Å². The summed E-state index contributed by atoms with van der Waals surface area (Å²) in [5, 5.41) is 10.9. The molecule has 0 aliphatic carbocycles. The van der Waals surface area contributed by atoms with E-state index in [-0.39, 0.29) is 11.7 Å². The highest BCUT2D eigenvalue weighted by molar-refractivity contribution is 9.10. The van der Waals surface area contributed by atoms with E-state index in [1.807, 2.05) is 0 Å². The van der Waals surface area contributed by atoms with E-state index in [1.54, 1.807) is 12.1 Å². The van der Waals surface area contributed by atoms with Gasteiger partial charge in [0.2, 0.25) is 5.89 Å². The molecular formula is C12H13BrFN3O. The Bertz CT molecular complexity index is 530. The van der Waals surface area contributed by atoms with Gasteiger partial charge < -0.3 is 9.73 Å². The van der Waals surface area contributed by atoms with Crippen molar-refractivity contribution in [1.82, 2.24) is 15.5 Å². The fraction of sp³-hybridized carbons (Fsp3) is 0.333. The number of hydrogen-bond acceptors (Lipinski definition) is 4. The van der Waals surface area contributed by atoms with Gasteiger partial charge >= 0.3 is 0 Å². The Hall–Kier alpha value is -1.27. The first kappa shape index (κ1) is 13.2. The molecule has 1 N–H and O–H groups in total. The quantitative estimate of drug-likeness (QED) is 0.862. The summed E-state index contributed by atoms with van der Waals surface area (Å²) >= 11 is 3.28. The summed E-state index contributed by atoms with van der Waals surface area (Å²) < 4.78 is 19.8. The van der Waals surface area contributed by atoms with Gasteiger partial charge in [0.1, 0.15) is 5.82 Å². The van der Waals surface area contributed by atoms with Crippen molar-refractivity contribution < 1.29 is 8.81 Å². The fourth-order valence-corrected chi connectivity index (χ4v) is 1.83. The largest absolute Gasteiger partial charge is 0.419 e. The third kappa shape index (κ3) is 3.14. The summed E-state index contributed by atoms with van der Waals surface area (Å²) in [6.45, 7) is 3.45. The van der Waals surface area contributed by atoms with Crippen molar-refractivity contribution in [2.24, 2.45) is 0 Å². The van der Waals surface area contributed by atoms with Crippen LogP contribution in [-0.2, 0) is 6.54 Å². The van der Waals surface area contributed by atoms with Crippen LogP contribution < -0.4 is 5.32 Å². The second kappa shape index (κ2) is 6.06. The lowest BCUT2D eigenvalue weighted by Crippen LogP contribution is -2.13. The van der Waals surface area contributed by atoms with Crippen LogP contribution in [-0.4, -0.2) is 16.7 Å². The van der Waals surface area contributed by atoms with Gasteiger partial charge in [-0.2, -0.15) is 0 Å². The monoisotopic (exact) mass is 313 g/mol. The van der Waals surface area contributed by atoms with E-state index in [2.05, 4.69) is 38.4 Å². The van der Waals surface area contributed by atoms with Gasteiger partial charge in [-0.15, -0.1) is 10.2 Å². The first-order chi connectivity index (χ1) is 8.70. The smallest absolute Gasteiger partial charge is 0.250 e. The summed E-state index contributed by atoms with van der Waals surface area (Å²) in [5.41, 5.74) is 0.304. The zero-order chi connectivity index (χ0) is 13.0. The van der Waals surface area contributed by atoms with Gasteiger partial charge in [-0.05, 0) is 31.2 Å². The van der Waals surface area contributed by atoms with Crippen LogP contribution in [0.4, 0.5) is 4.39 Å². The molecule has 2 aromatic rings. The van der Waals surface area contributed by atoms with Crippen molar-refractivity contribution in [2.75, 3.05) is 6.54 Å². The standard InChI is InChI=1S/C12H13BrFN3O/c1-2-5-15-7-11-16-17-12(18-11)9-6-8(13)3-4-10(9)14/h3-4,6,15H,2,5,7H2,1H3. The molecule has 0 saturated carbocycles. The fourth-order valence-electron chi connectivity index (χ4n) is 1.47. The molecule has 96 valence electrons. The lowest BCUT2D eigenvalue weighted by atomic mass is 10.2. The zero-order valence-corrected chi connectivity index (χ0v) is 11.5. The third-order valence-corrected chi connectivity index (χ3v) is 2.82. The molecular weight excluding hydrogens is 301 g/mol. The highest BCUT2D eigenvalue weighted by Gasteiger charge is 2.13. The lowest BCUT2D eigenvalue weighted by molar-refractivity contribution is 0.475. The minimum atomic E-state index is -0.380. The van der Waals surface area contributed by atoms with Crippen molar-refractivity contribution >= 4 is 15.9 Å². The van der Waals surface area contributed by atoms with E-state index in [1.165, 1.54) is 6.07 Å². The minimum absolute atomic E-state index is 0.196. The normalized spacial score (nSPS) is 10.8. The van der Waals surface area contributed by atoms with Gasteiger partial charge in [0.25, 0.3) is 5.89 Å². The molecule has 0 aliphatic heterocycles. The Balaban J connectivity index is 2.16. The summed E-state index contributed by atoms with van der Waals surface area (Å²) in [7, 11) is 0. The average Bonchev–Trinajstić information content (AvgIpc) is 2.81. The molecule has 1 aromatic carbocycles.